The first-order chi connectivity index (χ1) is 13.5. The number of hydrogen-bond donors (Lipinski definition) is 0. The van der Waals surface area contributed by atoms with Gasteiger partial charge in [0.2, 0.25) is 11.1 Å². The van der Waals surface area contributed by atoms with Gasteiger partial charge < -0.3 is 4.90 Å². The molecule has 146 valence electrons. The number of hydrogen-bond acceptors (Lipinski definition) is 5. The Bertz CT molecular complexity index is 941. The van der Waals surface area contributed by atoms with Gasteiger partial charge >= 0.3 is 0 Å². The standard InChI is InChI=1S/C21H25N5OS/c1-5-25(14-18-9-7-6-8-10-18)20(27)17(4)28-21-22-23-24-26(21)19-12-11-15(2)16(3)13-19/h6-13,17H,5,14H2,1-4H3. The highest BCUT2D eigenvalue weighted by Crippen LogP contribution is 2.25. The normalized spacial score (nSPS) is 12.0. The summed E-state index contributed by atoms with van der Waals surface area (Å²) in [7, 11) is 0. The zero-order valence-electron chi connectivity index (χ0n) is 16.7. The highest BCUT2D eigenvalue weighted by Gasteiger charge is 2.23. The van der Waals surface area contributed by atoms with E-state index in [-0.39, 0.29) is 11.2 Å². The van der Waals surface area contributed by atoms with Crippen LogP contribution in [0.1, 0.15) is 30.5 Å². The molecule has 7 heteroatoms. The highest BCUT2D eigenvalue weighted by atomic mass is 32.2. The molecule has 1 atom stereocenters. The van der Waals surface area contributed by atoms with Gasteiger partial charge in [-0.2, -0.15) is 4.68 Å². The zero-order valence-corrected chi connectivity index (χ0v) is 17.5. The molecule has 0 radical (unpaired) electrons. The van der Waals surface area contributed by atoms with Gasteiger partial charge in [0, 0.05) is 13.1 Å². The van der Waals surface area contributed by atoms with Crippen molar-refractivity contribution in [1.82, 2.24) is 25.1 Å². The largest absolute Gasteiger partial charge is 0.338 e. The maximum Gasteiger partial charge on any atom is 0.236 e. The van der Waals surface area contributed by atoms with E-state index in [0.29, 0.717) is 18.2 Å². The first-order valence-corrected chi connectivity index (χ1v) is 10.2. The number of nitrogens with zero attached hydrogens (tertiary/aromatic N) is 5. The molecule has 6 nitrogen and oxygen atoms in total. The summed E-state index contributed by atoms with van der Waals surface area (Å²) >= 11 is 1.38. The first-order valence-electron chi connectivity index (χ1n) is 9.35. The van der Waals surface area contributed by atoms with Crippen LogP contribution in [0.2, 0.25) is 0 Å². The van der Waals surface area contributed by atoms with Crippen molar-refractivity contribution in [1.29, 1.82) is 0 Å². The number of benzene rings is 2. The molecule has 0 spiro atoms. The van der Waals surface area contributed by atoms with E-state index in [4.69, 9.17) is 0 Å². The van der Waals surface area contributed by atoms with Gasteiger partial charge in [-0.15, -0.1) is 5.10 Å². The molecule has 0 fully saturated rings. The number of aryl methyl sites for hydroxylation is 2. The van der Waals surface area contributed by atoms with E-state index in [1.54, 1.807) is 4.68 Å². The molecule has 28 heavy (non-hydrogen) atoms. The van der Waals surface area contributed by atoms with Crippen molar-refractivity contribution < 1.29 is 4.79 Å². The van der Waals surface area contributed by atoms with Crippen molar-refractivity contribution in [2.45, 2.75) is 44.6 Å². The van der Waals surface area contributed by atoms with Crippen molar-refractivity contribution in [2.75, 3.05) is 6.54 Å². The Morgan fingerprint density at radius 2 is 1.89 bits per heavy atom. The molecule has 1 amide bonds. The summed E-state index contributed by atoms with van der Waals surface area (Å²) in [6.45, 7) is 9.29. The molecule has 3 aromatic rings. The fourth-order valence-electron chi connectivity index (χ4n) is 2.89. The number of carbonyl (C=O) groups is 1. The van der Waals surface area contributed by atoms with Crippen molar-refractivity contribution >= 4 is 17.7 Å². The molecule has 3 rings (SSSR count). The van der Waals surface area contributed by atoms with Crippen LogP contribution in [0, 0.1) is 13.8 Å². The molecular formula is C21H25N5OS. The smallest absolute Gasteiger partial charge is 0.236 e. The molecule has 0 N–H and O–H groups in total. The molecule has 1 unspecified atom stereocenters. The summed E-state index contributed by atoms with van der Waals surface area (Å²) in [4.78, 5) is 14.8. The monoisotopic (exact) mass is 395 g/mol. The summed E-state index contributed by atoms with van der Waals surface area (Å²) in [5.41, 5.74) is 4.41. The van der Waals surface area contributed by atoms with Gasteiger partial charge in [0.05, 0.1) is 10.9 Å². The van der Waals surface area contributed by atoms with E-state index in [1.807, 2.05) is 61.2 Å². The Morgan fingerprint density at radius 1 is 1.14 bits per heavy atom. The van der Waals surface area contributed by atoms with Gasteiger partial charge in [-0.25, -0.2) is 0 Å². The molecule has 0 aliphatic carbocycles. The second-order valence-corrected chi connectivity index (χ2v) is 8.05. The summed E-state index contributed by atoms with van der Waals surface area (Å²) in [6.07, 6.45) is 0. The topological polar surface area (TPSA) is 63.9 Å². The second kappa shape index (κ2) is 9.01. The number of aromatic nitrogens is 4. The fourth-order valence-corrected chi connectivity index (χ4v) is 3.78. The second-order valence-electron chi connectivity index (χ2n) is 6.74. The molecule has 0 bridgehead atoms. The van der Waals surface area contributed by atoms with E-state index in [0.717, 1.165) is 11.3 Å². The van der Waals surface area contributed by atoms with Gasteiger partial charge in [0.25, 0.3) is 0 Å². The number of tetrazole rings is 1. The number of rotatable bonds is 7. The molecule has 1 aromatic heterocycles. The lowest BCUT2D eigenvalue weighted by molar-refractivity contribution is -0.130. The fraction of sp³-hybridized carbons (Fsp3) is 0.333. The maximum absolute atomic E-state index is 13.0. The van der Waals surface area contributed by atoms with Crippen LogP contribution in [0.5, 0.6) is 0 Å². The third-order valence-corrected chi connectivity index (χ3v) is 5.74. The van der Waals surface area contributed by atoms with Crippen LogP contribution >= 0.6 is 11.8 Å². The van der Waals surface area contributed by atoms with E-state index < -0.39 is 0 Å². The van der Waals surface area contributed by atoms with Gasteiger partial charge in [-0.1, -0.05) is 48.2 Å². The average molecular weight is 396 g/mol. The third kappa shape index (κ3) is 4.59. The van der Waals surface area contributed by atoms with E-state index in [1.165, 1.54) is 22.9 Å². The van der Waals surface area contributed by atoms with E-state index >= 15 is 0 Å². The Morgan fingerprint density at radius 3 is 2.57 bits per heavy atom. The minimum Gasteiger partial charge on any atom is -0.338 e. The van der Waals surface area contributed by atoms with Crippen molar-refractivity contribution in [3.8, 4) is 5.69 Å². The van der Waals surface area contributed by atoms with E-state index in [2.05, 4.69) is 35.4 Å². The third-order valence-electron chi connectivity index (χ3n) is 4.72. The Kier molecular flexibility index (Phi) is 6.46. The lowest BCUT2D eigenvalue weighted by atomic mass is 10.1. The number of carbonyl (C=O) groups excluding carboxylic acids is 1. The van der Waals surface area contributed by atoms with Gasteiger partial charge in [-0.3, -0.25) is 4.79 Å². The maximum atomic E-state index is 13.0. The SMILES string of the molecule is CCN(Cc1ccccc1)C(=O)C(C)Sc1nnnn1-c1ccc(C)c(C)c1. The summed E-state index contributed by atoms with van der Waals surface area (Å²) in [6, 6.07) is 16.1. The quantitative estimate of drug-likeness (QED) is 0.569. The number of amides is 1. The van der Waals surface area contributed by atoms with Crippen LogP contribution < -0.4 is 0 Å². The Hall–Kier alpha value is -2.67. The zero-order chi connectivity index (χ0) is 20.1. The Labute approximate surface area is 169 Å². The summed E-state index contributed by atoms with van der Waals surface area (Å²) < 4.78 is 1.69. The first kappa shape index (κ1) is 20.1. The lowest BCUT2D eigenvalue weighted by Gasteiger charge is -2.24. The molecule has 0 saturated carbocycles. The van der Waals surface area contributed by atoms with Crippen LogP contribution in [-0.2, 0) is 11.3 Å². The molecule has 1 heterocycles. The minimum absolute atomic E-state index is 0.0750. The van der Waals surface area contributed by atoms with Gasteiger partial charge in [0.15, 0.2) is 0 Å². The molecular weight excluding hydrogens is 370 g/mol. The van der Waals surface area contributed by atoms with Crippen molar-refractivity contribution in [3.05, 3.63) is 65.2 Å². The molecule has 2 aromatic carbocycles. The van der Waals surface area contributed by atoms with Gasteiger partial charge in [0.1, 0.15) is 0 Å². The predicted octanol–water partition coefficient (Wildman–Crippen LogP) is 3.81. The summed E-state index contributed by atoms with van der Waals surface area (Å²) in [5, 5.41) is 12.4. The van der Waals surface area contributed by atoms with Crippen LogP contribution in [-0.4, -0.2) is 42.8 Å². The lowest BCUT2D eigenvalue weighted by Crippen LogP contribution is -2.36. The Balaban J connectivity index is 1.73. The van der Waals surface area contributed by atoms with Crippen LogP contribution in [0.25, 0.3) is 5.69 Å². The summed E-state index contributed by atoms with van der Waals surface area (Å²) in [5.74, 6) is 0.0750. The highest BCUT2D eigenvalue weighted by molar-refractivity contribution is 8.00. The van der Waals surface area contributed by atoms with Crippen molar-refractivity contribution in [3.63, 3.8) is 0 Å². The average Bonchev–Trinajstić information content (AvgIpc) is 3.16. The number of thioether (sulfide) groups is 1. The molecule has 0 aliphatic rings. The van der Waals surface area contributed by atoms with E-state index in [9.17, 15) is 4.79 Å². The van der Waals surface area contributed by atoms with Crippen molar-refractivity contribution in [2.24, 2.45) is 0 Å². The molecule has 0 aliphatic heterocycles. The van der Waals surface area contributed by atoms with Crippen LogP contribution in [0.4, 0.5) is 0 Å². The van der Waals surface area contributed by atoms with Gasteiger partial charge in [-0.05, 0) is 66.9 Å². The molecule has 0 saturated heterocycles. The van der Waals surface area contributed by atoms with Crippen LogP contribution in [0.15, 0.2) is 53.7 Å². The van der Waals surface area contributed by atoms with Crippen LogP contribution in [0.3, 0.4) is 0 Å². The predicted molar refractivity (Wildman–Crippen MR) is 111 cm³/mol. The minimum atomic E-state index is -0.292.